The van der Waals surface area contributed by atoms with Crippen molar-refractivity contribution >= 4 is 11.8 Å². The van der Waals surface area contributed by atoms with E-state index in [-0.39, 0.29) is 18.0 Å². The maximum Gasteiger partial charge on any atom is 0.344 e. The Bertz CT molecular complexity index is 1000. The Kier molecular flexibility index (Phi) is 4.59. The van der Waals surface area contributed by atoms with Crippen molar-refractivity contribution in [2.75, 3.05) is 6.61 Å². The number of carbonyl (C=O) groups is 2. The summed E-state index contributed by atoms with van der Waals surface area (Å²) in [6.45, 7) is 1.34. The lowest BCUT2D eigenvalue weighted by Crippen LogP contribution is -2.15. The van der Waals surface area contributed by atoms with Gasteiger partial charge in [0.1, 0.15) is 17.0 Å². The van der Waals surface area contributed by atoms with E-state index >= 15 is 0 Å². The van der Waals surface area contributed by atoms with Crippen molar-refractivity contribution in [3.63, 3.8) is 0 Å². The van der Waals surface area contributed by atoms with Crippen LogP contribution in [0.15, 0.2) is 53.1 Å². The molecule has 4 rings (SSSR count). The van der Waals surface area contributed by atoms with Gasteiger partial charge in [0.2, 0.25) is 0 Å². The molecule has 2 aromatic carbocycles. The zero-order valence-electron chi connectivity index (χ0n) is 15.0. The number of esters is 1. The average Bonchev–Trinajstić information content (AvgIpc) is 3.32. The predicted octanol–water partition coefficient (Wildman–Crippen LogP) is 4.18. The second kappa shape index (κ2) is 7.19. The summed E-state index contributed by atoms with van der Waals surface area (Å²) in [7, 11) is 0. The summed E-state index contributed by atoms with van der Waals surface area (Å²) in [4.78, 5) is 25.0. The standard InChI is InChI=1S/C22H19NO4/c1-14-20(21(23-27-14)16-6-3-2-4-7-16)22(25)26-13-19(24)18-11-10-15-8-5-9-17(15)12-18/h2-4,6-7,10-12H,5,8-9,13H2,1H3. The van der Waals surface area contributed by atoms with Gasteiger partial charge in [0, 0.05) is 11.1 Å². The molecule has 0 amide bonds. The van der Waals surface area contributed by atoms with E-state index in [4.69, 9.17) is 9.26 Å². The highest BCUT2D eigenvalue weighted by Crippen LogP contribution is 2.26. The predicted molar refractivity (Wildman–Crippen MR) is 99.8 cm³/mol. The summed E-state index contributed by atoms with van der Waals surface area (Å²) in [5, 5.41) is 3.97. The van der Waals surface area contributed by atoms with Crippen LogP contribution >= 0.6 is 0 Å². The summed E-state index contributed by atoms with van der Waals surface area (Å²) in [6, 6.07) is 15.0. The molecule has 136 valence electrons. The third-order valence-corrected chi connectivity index (χ3v) is 4.87. The van der Waals surface area contributed by atoms with E-state index in [1.807, 2.05) is 42.5 Å². The Hall–Kier alpha value is -3.21. The number of ketones is 1. The van der Waals surface area contributed by atoms with Gasteiger partial charge in [0.15, 0.2) is 12.4 Å². The monoisotopic (exact) mass is 361 g/mol. The van der Waals surface area contributed by atoms with Crippen molar-refractivity contribution in [1.82, 2.24) is 5.16 Å². The van der Waals surface area contributed by atoms with Crippen molar-refractivity contribution in [2.24, 2.45) is 0 Å². The van der Waals surface area contributed by atoms with Crippen LogP contribution in [0.25, 0.3) is 11.3 Å². The van der Waals surface area contributed by atoms with Crippen LogP contribution in [0.2, 0.25) is 0 Å². The Morgan fingerprint density at radius 3 is 2.67 bits per heavy atom. The number of carbonyl (C=O) groups excluding carboxylic acids is 2. The number of Topliss-reactive ketones (excluding diaryl/α,β-unsaturated/α-hetero) is 1. The lowest BCUT2D eigenvalue weighted by molar-refractivity contribution is 0.0473. The number of nitrogens with zero attached hydrogens (tertiary/aromatic N) is 1. The fourth-order valence-electron chi connectivity index (χ4n) is 3.44. The van der Waals surface area contributed by atoms with Crippen LogP contribution in [0, 0.1) is 6.92 Å². The molecule has 0 fully saturated rings. The third-order valence-electron chi connectivity index (χ3n) is 4.87. The Morgan fingerprint density at radius 2 is 1.85 bits per heavy atom. The highest BCUT2D eigenvalue weighted by molar-refractivity contribution is 6.01. The van der Waals surface area contributed by atoms with Gasteiger partial charge in [-0.1, -0.05) is 47.6 Å². The van der Waals surface area contributed by atoms with E-state index in [0.717, 1.165) is 24.8 Å². The smallest absolute Gasteiger partial charge is 0.344 e. The first-order valence-electron chi connectivity index (χ1n) is 8.97. The quantitative estimate of drug-likeness (QED) is 0.504. The number of rotatable bonds is 5. The van der Waals surface area contributed by atoms with E-state index in [1.54, 1.807) is 13.0 Å². The van der Waals surface area contributed by atoms with E-state index < -0.39 is 5.97 Å². The molecule has 3 aromatic rings. The number of fused-ring (bicyclic) bond motifs is 1. The van der Waals surface area contributed by atoms with Gasteiger partial charge in [-0.25, -0.2) is 4.79 Å². The molecule has 5 nitrogen and oxygen atoms in total. The minimum absolute atomic E-state index is 0.214. The Labute approximate surface area is 156 Å². The van der Waals surface area contributed by atoms with Crippen molar-refractivity contribution in [1.29, 1.82) is 0 Å². The van der Waals surface area contributed by atoms with Gasteiger partial charge in [0.05, 0.1) is 0 Å². The topological polar surface area (TPSA) is 69.4 Å². The maximum absolute atomic E-state index is 12.6. The molecule has 0 radical (unpaired) electrons. The number of aromatic nitrogens is 1. The lowest BCUT2D eigenvalue weighted by atomic mass is 10.0. The zero-order valence-corrected chi connectivity index (χ0v) is 15.0. The molecule has 1 aliphatic rings. The fraction of sp³-hybridized carbons (Fsp3) is 0.227. The number of hydrogen-bond acceptors (Lipinski definition) is 5. The van der Waals surface area contributed by atoms with Crippen molar-refractivity contribution in [3.05, 3.63) is 76.5 Å². The molecule has 1 aromatic heterocycles. The van der Waals surface area contributed by atoms with Crippen LogP contribution < -0.4 is 0 Å². The summed E-state index contributed by atoms with van der Waals surface area (Å²) in [5.74, 6) is -0.459. The van der Waals surface area contributed by atoms with E-state index in [2.05, 4.69) is 5.16 Å². The van der Waals surface area contributed by atoms with Gasteiger partial charge in [-0.05, 0) is 43.4 Å². The number of ether oxygens (including phenoxy) is 1. The normalized spacial score (nSPS) is 12.6. The second-order valence-electron chi connectivity index (χ2n) is 6.66. The minimum Gasteiger partial charge on any atom is -0.454 e. The highest BCUT2D eigenvalue weighted by Gasteiger charge is 2.24. The molecule has 1 heterocycles. The summed E-state index contributed by atoms with van der Waals surface area (Å²) in [5.41, 5.74) is 4.52. The van der Waals surface area contributed by atoms with Gasteiger partial charge in [-0.2, -0.15) is 0 Å². The third kappa shape index (κ3) is 3.40. The number of benzene rings is 2. The highest BCUT2D eigenvalue weighted by atomic mass is 16.5. The van der Waals surface area contributed by atoms with E-state index in [0.29, 0.717) is 17.0 Å². The van der Waals surface area contributed by atoms with Crippen LogP contribution in [0.5, 0.6) is 0 Å². The Morgan fingerprint density at radius 1 is 1.07 bits per heavy atom. The molecule has 0 atom stereocenters. The summed E-state index contributed by atoms with van der Waals surface area (Å²) in [6.07, 6.45) is 3.18. The van der Waals surface area contributed by atoms with Crippen molar-refractivity contribution in [2.45, 2.75) is 26.2 Å². The van der Waals surface area contributed by atoms with Crippen LogP contribution in [0.3, 0.4) is 0 Å². The Balaban J connectivity index is 1.49. The molecule has 0 aliphatic heterocycles. The first-order chi connectivity index (χ1) is 13.1. The van der Waals surface area contributed by atoms with Crippen molar-refractivity contribution in [3.8, 4) is 11.3 Å². The zero-order chi connectivity index (χ0) is 18.8. The first-order valence-corrected chi connectivity index (χ1v) is 8.97. The first kappa shape index (κ1) is 17.2. The van der Waals surface area contributed by atoms with E-state index in [1.165, 1.54) is 11.1 Å². The van der Waals surface area contributed by atoms with Crippen LogP contribution in [-0.2, 0) is 17.6 Å². The van der Waals surface area contributed by atoms with Gasteiger partial charge in [0.25, 0.3) is 0 Å². The van der Waals surface area contributed by atoms with Gasteiger partial charge < -0.3 is 9.26 Å². The molecule has 0 unspecified atom stereocenters. The maximum atomic E-state index is 12.6. The fourth-order valence-corrected chi connectivity index (χ4v) is 3.44. The summed E-state index contributed by atoms with van der Waals surface area (Å²) >= 11 is 0. The minimum atomic E-state index is -0.609. The summed E-state index contributed by atoms with van der Waals surface area (Å²) < 4.78 is 10.5. The van der Waals surface area contributed by atoms with Gasteiger partial charge in [-0.3, -0.25) is 4.79 Å². The molecule has 27 heavy (non-hydrogen) atoms. The lowest BCUT2D eigenvalue weighted by Gasteiger charge is -2.07. The molecular weight excluding hydrogens is 342 g/mol. The van der Waals surface area contributed by atoms with E-state index in [9.17, 15) is 9.59 Å². The van der Waals surface area contributed by atoms with Gasteiger partial charge in [-0.15, -0.1) is 0 Å². The van der Waals surface area contributed by atoms with Crippen molar-refractivity contribution < 1.29 is 18.8 Å². The average molecular weight is 361 g/mol. The van der Waals surface area contributed by atoms with Crippen LogP contribution in [0.4, 0.5) is 0 Å². The van der Waals surface area contributed by atoms with Crippen LogP contribution in [0.1, 0.15) is 44.0 Å². The van der Waals surface area contributed by atoms with Crippen LogP contribution in [-0.4, -0.2) is 23.5 Å². The molecule has 0 spiro atoms. The second-order valence-corrected chi connectivity index (χ2v) is 6.66. The molecular formula is C22H19NO4. The number of hydrogen-bond donors (Lipinski definition) is 0. The number of aryl methyl sites for hydroxylation is 3. The van der Waals surface area contributed by atoms with Gasteiger partial charge >= 0.3 is 5.97 Å². The molecule has 0 N–H and O–H groups in total. The molecule has 0 saturated carbocycles. The molecule has 1 aliphatic carbocycles. The largest absolute Gasteiger partial charge is 0.454 e. The molecule has 0 bridgehead atoms. The molecule has 0 saturated heterocycles. The molecule has 5 heteroatoms. The SMILES string of the molecule is Cc1onc(-c2ccccc2)c1C(=O)OCC(=O)c1ccc2c(c1)CCC2.